The smallest absolute Gasteiger partial charge is 0.181 e. The molecule has 0 spiro atoms. The van der Waals surface area contributed by atoms with E-state index >= 15 is 0 Å². The Hall–Kier alpha value is -0.0831. The van der Waals surface area contributed by atoms with E-state index < -0.39 is 9.04 Å². The van der Waals surface area contributed by atoms with E-state index in [1.165, 1.54) is 12.8 Å². The van der Waals surface area contributed by atoms with Crippen LogP contribution in [-0.4, -0.2) is 15.6 Å². The summed E-state index contributed by atoms with van der Waals surface area (Å²) in [7, 11) is -0.984. The predicted octanol–water partition coefficient (Wildman–Crippen LogP) is 3.76. The van der Waals surface area contributed by atoms with Gasteiger partial charge in [-0.3, -0.25) is 0 Å². The van der Waals surface area contributed by atoms with E-state index in [0.29, 0.717) is 0 Å². The highest BCUT2D eigenvalue weighted by atomic mass is 28.3. The predicted molar refractivity (Wildman–Crippen MR) is 72.1 cm³/mol. The van der Waals surface area contributed by atoms with E-state index in [0.717, 1.165) is 35.4 Å². The molecule has 1 fully saturated rings. The van der Waals surface area contributed by atoms with Gasteiger partial charge in [0.1, 0.15) is 0 Å². The number of hydrogen-bond donors (Lipinski definition) is 0. The van der Waals surface area contributed by atoms with Crippen LogP contribution in [0.4, 0.5) is 0 Å². The molecule has 16 heavy (non-hydrogen) atoms. The molecule has 1 saturated carbocycles. The lowest BCUT2D eigenvalue weighted by Gasteiger charge is -2.27. The van der Waals surface area contributed by atoms with Gasteiger partial charge < -0.3 is 4.43 Å². The van der Waals surface area contributed by atoms with Gasteiger partial charge in [-0.15, -0.1) is 0 Å². The van der Waals surface area contributed by atoms with Gasteiger partial charge in [0.15, 0.2) is 9.04 Å². The second-order valence-electron chi connectivity index (χ2n) is 6.33. The number of rotatable bonds is 5. The molecule has 0 radical (unpaired) electrons. The normalized spacial score (nSPS) is 32.6. The van der Waals surface area contributed by atoms with Gasteiger partial charge in [-0.05, 0) is 41.7 Å². The summed E-state index contributed by atoms with van der Waals surface area (Å²) in [6, 6.07) is 0. The molecule has 3 atom stereocenters. The quantitative estimate of drug-likeness (QED) is 0.523. The molecule has 0 aromatic carbocycles. The van der Waals surface area contributed by atoms with Crippen LogP contribution in [0.5, 0.6) is 0 Å². The summed E-state index contributed by atoms with van der Waals surface area (Å²) in [6.07, 6.45) is 7.65. The summed E-state index contributed by atoms with van der Waals surface area (Å²) in [4.78, 5) is 0. The molecule has 2 rings (SSSR count). The average Bonchev–Trinajstić information content (AvgIpc) is 2.77. The average molecular weight is 238 g/mol. The van der Waals surface area contributed by atoms with Gasteiger partial charge in [0, 0.05) is 6.61 Å². The Balaban J connectivity index is 1.80. The molecule has 0 N–H and O–H groups in total. The Labute approximate surface area is 102 Å². The van der Waals surface area contributed by atoms with Gasteiger partial charge in [0.25, 0.3) is 0 Å². The zero-order chi connectivity index (χ0) is 11.7. The standard InChI is InChI=1S/C14H26OSi/c1-10(2)16(11(3)4)15-9-14-8-12-5-6-13(14)7-12/h5-6,10-14,16H,7-9H2,1-4H3. The minimum absolute atomic E-state index is 0.772. The van der Waals surface area contributed by atoms with Crippen LogP contribution in [0, 0.1) is 17.8 Å². The molecule has 1 nitrogen and oxygen atoms in total. The van der Waals surface area contributed by atoms with Crippen LogP contribution in [0.1, 0.15) is 40.5 Å². The lowest BCUT2D eigenvalue weighted by Crippen LogP contribution is -2.29. The van der Waals surface area contributed by atoms with E-state index in [2.05, 4.69) is 39.8 Å². The number of fused-ring (bicyclic) bond motifs is 2. The van der Waals surface area contributed by atoms with Crippen LogP contribution in [0.2, 0.25) is 11.1 Å². The Morgan fingerprint density at radius 2 is 1.81 bits per heavy atom. The maximum atomic E-state index is 6.31. The van der Waals surface area contributed by atoms with Crippen LogP contribution < -0.4 is 0 Å². The van der Waals surface area contributed by atoms with E-state index in [1.807, 2.05) is 0 Å². The summed E-state index contributed by atoms with van der Waals surface area (Å²) < 4.78 is 6.31. The zero-order valence-electron chi connectivity index (χ0n) is 11.1. The summed E-state index contributed by atoms with van der Waals surface area (Å²) in [5.41, 5.74) is 1.54. The fourth-order valence-electron chi connectivity index (χ4n) is 3.48. The largest absolute Gasteiger partial charge is 0.419 e. The fourth-order valence-corrected chi connectivity index (χ4v) is 6.25. The van der Waals surface area contributed by atoms with Crippen molar-refractivity contribution in [2.75, 3.05) is 6.61 Å². The number of allylic oxidation sites excluding steroid dienone is 2. The van der Waals surface area contributed by atoms with E-state index in [4.69, 9.17) is 4.43 Å². The van der Waals surface area contributed by atoms with Crippen molar-refractivity contribution in [1.29, 1.82) is 0 Å². The molecule has 0 aliphatic heterocycles. The summed E-state index contributed by atoms with van der Waals surface area (Å²) in [5, 5.41) is 0. The van der Waals surface area contributed by atoms with Gasteiger partial charge >= 0.3 is 0 Å². The Morgan fingerprint density at radius 1 is 1.12 bits per heavy atom. The molecule has 92 valence electrons. The van der Waals surface area contributed by atoms with Gasteiger partial charge in [0.2, 0.25) is 0 Å². The highest BCUT2D eigenvalue weighted by Crippen LogP contribution is 2.43. The van der Waals surface area contributed by atoms with Crippen molar-refractivity contribution in [3.63, 3.8) is 0 Å². The molecule has 2 aliphatic rings. The highest BCUT2D eigenvalue weighted by Gasteiger charge is 2.36. The highest BCUT2D eigenvalue weighted by molar-refractivity contribution is 6.54. The molecule has 2 heteroatoms. The van der Waals surface area contributed by atoms with Crippen LogP contribution >= 0.6 is 0 Å². The molecule has 0 amide bonds. The number of hydrogen-bond acceptors (Lipinski definition) is 1. The third-order valence-corrected chi connectivity index (χ3v) is 7.44. The van der Waals surface area contributed by atoms with Gasteiger partial charge in [-0.1, -0.05) is 39.8 Å². The SMILES string of the molecule is CC(C)[SiH](OCC1CC2C=CC1C2)C(C)C. The molecular weight excluding hydrogens is 212 g/mol. The van der Waals surface area contributed by atoms with Crippen molar-refractivity contribution in [1.82, 2.24) is 0 Å². The van der Waals surface area contributed by atoms with Gasteiger partial charge in [0.05, 0.1) is 0 Å². The fraction of sp³-hybridized carbons (Fsp3) is 0.857. The topological polar surface area (TPSA) is 9.23 Å². The van der Waals surface area contributed by atoms with Crippen molar-refractivity contribution in [2.24, 2.45) is 17.8 Å². The maximum absolute atomic E-state index is 6.31. The third kappa shape index (κ3) is 2.59. The lowest BCUT2D eigenvalue weighted by atomic mass is 9.95. The first kappa shape index (κ1) is 12.4. The van der Waals surface area contributed by atoms with Crippen molar-refractivity contribution < 1.29 is 4.43 Å². The van der Waals surface area contributed by atoms with Gasteiger partial charge in [-0.25, -0.2) is 0 Å². The van der Waals surface area contributed by atoms with Crippen LogP contribution in [0.3, 0.4) is 0 Å². The minimum atomic E-state index is -0.984. The van der Waals surface area contributed by atoms with Crippen molar-refractivity contribution >= 4 is 9.04 Å². The molecule has 3 unspecified atom stereocenters. The Morgan fingerprint density at radius 3 is 2.25 bits per heavy atom. The van der Waals surface area contributed by atoms with Crippen molar-refractivity contribution in [3.8, 4) is 0 Å². The van der Waals surface area contributed by atoms with Crippen molar-refractivity contribution in [2.45, 2.75) is 51.6 Å². The zero-order valence-corrected chi connectivity index (χ0v) is 12.3. The Bertz CT molecular complexity index is 251. The summed E-state index contributed by atoms with van der Waals surface area (Å²) in [6.45, 7) is 10.4. The lowest BCUT2D eigenvalue weighted by molar-refractivity contribution is 0.221. The van der Waals surface area contributed by atoms with Crippen molar-refractivity contribution in [3.05, 3.63) is 12.2 Å². The maximum Gasteiger partial charge on any atom is 0.181 e. The molecule has 0 aromatic rings. The molecule has 0 heterocycles. The minimum Gasteiger partial charge on any atom is -0.419 e. The first-order chi connectivity index (χ1) is 7.58. The van der Waals surface area contributed by atoms with Crippen LogP contribution in [-0.2, 0) is 4.43 Å². The summed E-state index contributed by atoms with van der Waals surface area (Å²) in [5.74, 6) is 2.57. The molecule has 0 saturated heterocycles. The Kier molecular flexibility index (Phi) is 3.91. The third-order valence-electron chi connectivity index (χ3n) is 4.23. The molecule has 2 bridgehead atoms. The molecular formula is C14H26OSi. The van der Waals surface area contributed by atoms with E-state index in [1.54, 1.807) is 0 Å². The van der Waals surface area contributed by atoms with E-state index in [-0.39, 0.29) is 0 Å². The van der Waals surface area contributed by atoms with E-state index in [9.17, 15) is 0 Å². The van der Waals surface area contributed by atoms with Gasteiger partial charge in [-0.2, -0.15) is 0 Å². The first-order valence-electron chi connectivity index (χ1n) is 6.88. The second-order valence-corrected chi connectivity index (χ2v) is 10.3. The van der Waals surface area contributed by atoms with Crippen LogP contribution in [0.15, 0.2) is 12.2 Å². The first-order valence-corrected chi connectivity index (χ1v) is 8.68. The molecule has 0 aromatic heterocycles. The summed E-state index contributed by atoms with van der Waals surface area (Å²) >= 11 is 0. The second kappa shape index (κ2) is 5.05. The monoisotopic (exact) mass is 238 g/mol. The molecule has 2 aliphatic carbocycles. The van der Waals surface area contributed by atoms with Crippen LogP contribution in [0.25, 0.3) is 0 Å².